The lowest BCUT2D eigenvalue weighted by atomic mass is 10.0. The topological polar surface area (TPSA) is 67.8 Å². The molecule has 4 nitrogen and oxygen atoms in total. The van der Waals surface area contributed by atoms with Crippen LogP contribution in [0, 0.1) is 5.82 Å². The molecule has 0 atom stereocenters. The van der Waals surface area contributed by atoms with Crippen molar-refractivity contribution in [1.29, 1.82) is 0 Å². The Morgan fingerprint density at radius 3 is 2.60 bits per heavy atom. The number of benzene rings is 1. The van der Waals surface area contributed by atoms with Crippen molar-refractivity contribution in [2.45, 2.75) is 0 Å². The van der Waals surface area contributed by atoms with Gasteiger partial charge in [0.2, 0.25) is 0 Å². The Balaban J connectivity index is 2.27. The number of hydrogen-bond donors (Lipinski definition) is 2. The molecule has 0 spiro atoms. The Morgan fingerprint density at radius 2 is 1.95 bits per heavy atom. The number of nitrogens with zero attached hydrogens (tertiary/aromatic N) is 1. The Hall–Kier alpha value is -1.98. The summed E-state index contributed by atoms with van der Waals surface area (Å²) in [4.78, 5) is 0. The summed E-state index contributed by atoms with van der Waals surface area (Å²) >= 11 is 11.8. The summed E-state index contributed by atoms with van der Waals surface area (Å²) in [5.41, 5.74) is 6.75. The van der Waals surface area contributed by atoms with Gasteiger partial charge in [-0.1, -0.05) is 17.7 Å². The van der Waals surface area contributed by atoms with Gasteiger partial charge in [0.1, 0.15) is 11.5 Å². The van der Waals surface area contributed by atoms with Crippen molar-refractivity contribution in [3.8, 4) is 22.6 Å². The van der Waals surface area contributed by atoms with Crippen LogP contribution in [0.3, 0.4) is 0 Å². The molecule has 0 saturated heterocycles. The monoisotopic (exact) mass is 311 g/mol. The molecule has 0 aliphatic heterocycles. The number of nitrogen functional groups attached to an aromatic ring is 1. The number of furan rings is 1. The van der Waals surface area contributed by atoms with E-state index in [1.807, 2.05) is 0 Å². The van der Waals surface area contributed by atoms with Gasteiger partial charge < -0.3 is 10.2 Å². The van der Waals surface area contributed by atoms with Gasteiger partial charge in [0.15, 0.2) is 16.8 Å². The van der Waals surface area contributed by atoms with E-state index in [9.17, 15) is 4.39 Å². The van der Waals surface area contributed by atoms with E-state index in [1.54, 1.807) is 18.2 Å². The average molecular weight is 312 g/mol. The van der Waals surface area contributed by atoms with Gasteiger partial charge in [-0.05, 0) is 35.9 Å². The molecule has 0 bridgehead atoms. The molecule has 3 N–H and O–H groups in total. The first-order valence-electron chi connectivity index (χ1n) is 5.62. The van der Waals surface area contributed by atoms with Crippen LogP contribution in [0.4, 0.5) is 10.2 Å². The lowest BCUT2D eigenvalue weighted by molar-refractivity contribution is 0.582. The number of hydrogen-bond acceptors (Lipinski definition) is 3. The minimum Gasteiger partial charge on any atom is -0.443 e. The van der Waals surface area contributed by atoms with Crippen LogP contribution in [0.1, 0.15) is 0 Å². The lowest BCUT2D eigenvalue weighted by Gasteiger charge is -2.06. The summed E-state index contributed by atoms with van der Waals surface area (Å²) in [7, 11) is 0. The number of aromatic nitrogens is 2. The number of H-pyrrole nitrogens is 1. The molecule has 0 amide bonds. The fourth-order valence-corrected chi connectivity index (χ4v) is 2.38. The van der Waals surface area contributed by atoms with Gasteiger partial charge in [-0.3, -0.25) is 5.10 Å². The summed E-state index contributed by atoms with van der Waals surface area (Å²) in [5.74, 6) is 0.0255. The lowest BCUT2D eigenvalue weighted by Crippen LogP contribution is -1.92. The van der Waals surface area contributed by atoms with Crippen molar-refractivity contribution in [3.05, 3.63) is 46.4 Å². The number of nitrogens with two attached hydrogens (primary N) is 1. The van der Waals surface area contributed by atoms with E-state index >= 15 is 0 Å². The number of halogens is 3. The van der Waals surface area contributed by atoms with Gasteiger partial charge >= 0.3 is 0 Å². The summed E-state index contributed by atoms with van der Waals surface area (Å²) in [6, 6.07) is 7.59. The molecule has 0 aliphatic rings. The number of rotatable bonds is 2. The molecule has 2 heterocycles. The average Bonchev–Trinajstić information content (AvgIpc) is 2.97. The van der Waals surface area contributed by atoms with E-state index in [1.165, 1.54) is 12.1 Å². The van der Waals surface area contributed by atoms with E-state index in [0.29, 0.717) is 17.0 Å². The van der Waals surface area contributed by atoms with Crippen LogP contribution in [-0.4, -0.2) is 10.2 Å². The summed E-state index contributed by atoms with van der Waals surface area (Å²) in [6.07, 6.45) is 0. The maximum Gasteiger partial charge on any atom is 0.194 e. The Bertz CT molecular complexity index is 762. The third-order valence-electron chi connectivity index (χ3n) is 2.83. The predicted octanol–water partition coefficient (Wildman–Crippen LogP) is 4.36. The van der Waals surface area contributed by atoms with E-state index in [2.05, 4.69) is 10.2 Å². The second-order valence-corrected chi connectivity index (χ2v) is 4.84. The van der Waals surface area contributed by atoms with Crippen LogP contribution in [0.25, 0.3) is 22.6 Å². The maximum absolute atomic E-state index is 14.1. The third-order valence-corrected chi connectivity index (χ3v) is 3.34. The molecular formula is C13H8Cl2FN3O. The minimum absolute atomic E-state index is 0.125. The fraction of sp³-hybridized carbons (Fsp3) is 0. The first-order valence-corrected chi connectivity index (χ1v) is 6.37. The van der Waals surface area contributed by atoms with Crippen LogP contribution in [0.5, 0.6) is 0 Å². The molecule has 2 aromatic heterocycles. The van der Waals surface area contributed by atoms with Crippen molar-refractivity contribution in [2.24, 2.45) is 0 Å². The zero-order valence-corrected chi connectivity index (χ0v) is 11.5. The van der Waals surface area contributed by atoms with Crippen molar-refractivity contribution in [3.63, 3.8) is 0 Å². The van der Waals surface area contributed by atoms with Gasteiger partial charge in [0.25, 0.3) is 0 Å². The maximum atomic E-state index is 14.1. The van der Waals surface area contributed by atoms with Crippen molar-refractivity contribution >= 4 is 29.0 Å². The van der Waals surface area contributed by atoms with Crippen molar-refractivity contribution in [1.82, 2.24) is 10.2 Å². The number of anilines is 1. The predicted molar refractivity (Wildman–Crippen MR) is 76.1 cm³/mol. The van der Waals surface area contributed by atoms with Crippen LogP contribution >= 0.6 is 23.2 Å². The summed E-state index contributed by atoms with van der Waals surface area (Å²) in [5, 5.41) is 7.03. The first kappa shape index (κ1) is 13.0. The molecule has 0 fully saturated rings. The van der Waals surface area contributed by atoms with Crippen LogP contribution in [0.15, 0.2) is 34.7 Å². The molecule has 0 saturated carbocycles. The molecule has 1 aromatic carbocycles. The molecular weight excluding hydrogens is 304 g/mol. The largest absolute Gasteiger partial charge is 0.443 e. The number of aromatic amines is 1. The van der Waals surface area contributed by atoms with Gasteiger partial charge in [0, 0.05) is 5.56 Å². The summed E-state index contributed by atoms with van der Waals surface area (Å²) in [6.45, 7) is 0. The van der Waals surface area contributed by atoms with E-state index in [-0.39, 0.29) is 21.6 Å². The minimum atomic E-state index is -0.496. The SMILES string of the molecule is Nc1n[nH]c(-c2ccc(Cl)o2)c1-c1c(F)cccc1Cl. The summed E-state index contributed by atoms with van der Waals surface area (Å²) < 4.78 is 19.4. The molecule has 3 rings (SSSR count). The van der Waals surface area contributed by atoms with Crippen molar-refractivity contribution < 1.29 is 8.81 Å². The second-order valence-electron chi connectivity index (χ2n) is 4.06. The van der Waals surface area contributed by atoms with Crippen molar-refractivity contribution in [2.75, 3.05) is 5.73 Å². The van der Waals surface area contributed by atoms with Gasteiger partial charge in [-0.25, -0.2) is 4.39 Å². The van der Waals surface area contributed by atoms with Gasteiger partial charge in [-0.15, -0.1) is 0 Å². The quantitative estimate of drug-likeness (QED) is 0.738. The fourth-order valence-electron chi connectivity index (χ4n) is 1.97. The standard InChI is InChI=1S/C13H8Cl2FN3O/c14-6-2-1-3-7(16)10(6)11-12(18-19-13(11)17)8-4-5-9(15)20-8/h1-5H,(H3,17,18,19). The molecule has 20 heavy (non-hydrogen) atoms. The van der Waals surface area contributed by atoms with Crippen LogP contribution in [-0.2, 0) is 0 Å². The molecule has 7 heteroatoms. The Morgan fingerprint density at radius 1 is 1.15 bits per heavy atom. The molecule has 102 valence electrons. The number of nitrogens with one attached hydrogen (secondary N) is 1. The smallest absolute Gasteiger partial charge is 0.194 e. The van der Waals surface area contributed by atoms with Crippen LogP contribution in [0.2, 0.25) is 10.2 Å². The Kier molecular flexibility index (Phi) is 3.16. The molecule has 0 aliphatic carbocycles. The van der Waals surface area contributed by atoms with Gasteiger partial charge in [-0.2, -0.15) is 5.10 Å². The normalized spacial score (nSPS) is 10.9. The Labute approximate surface area is 123 Å². The van der Waals surface area contributed by atoms with Crippen LogP contribution < -0.4 is 5.73 Å². The van der Waals surface area contributed by atoms with Gasteiger partial charge in [0.05, 0.1) is 10.6 Å². The highest BCUT2D eigenvalue weighted by atomic mass is 35.5. The zero-order chi connectivity index (χ0) is 14.3. The third kappa shape index (κ3) is 2.05. The highest BCUT2D eigenvalue weighted by Gasteiger charge is 2.22. The van der Waals surface area contributed by atoms with E-state index < -0.39 is 5.82 Å². The highest BCUT2D eigenvalue weighted by Crippen LogP contribution is 2.40. The molecule has 0 radical (unpaired) electrons. The molecule has 0 unspecified atom stereocenters. The molecule has 3 aromatic rings. The first-order chi connectivity index (χ1) is 9.58. The van der Waals surface area contributed by atoms with E-state index in [4.69, 9.17) is 33.4 Å². The highest BCUT2D eigenvalue weighted by molar-refractivity contribution is 6.33. The second kappa shape index (κ2) is 4.85. The zero-order valence-electron chi connectivity index (χ0n) is 9.95. The van der Waals surface area contributed by atoms with E-state index in [0.717, 1.165) is 0 Å².